The molecule has 4 heteroatoms. The third kappa shape index (κ3) is 5.23. The van der Waals surface area contributed by atoms with Crippen LogP contribution in [0.4, 0.5) is 0 Å². The fourth-order valence-electron chi connectivity index (χ4n) is 6.71. The molecule has 228 valence electrons. The smallest absolute Gasteiger partial charge is 0.160 e. The van der Waals surface area contributed by atoms with Gasteiger partial charge in [-0.25, -0.2) is 9.97 Å². The molecular formula is C45H27N3S. The first-order valence-electron chi connectivity index (χ1n) is 16.2. The van der Waals surface area contributed by atoms with Gasteiger partial charge in [0.15, 0.2) is 5.82 Å². The van der Waals surface area contributed by atoms with Crippen LogP contribution in [0.1, 0.15) is 5.56 Å². The summed E-state index contributed by atoms with van der Waals surface area (Å²) < 4.78 is 2.56. The van der Waals surface area contributed by atoms with Crippen molar-refractivity contribution in [1.29, 1.82) is 5.26 Å². The van der Waals surface area contributed by atoms with Crippen LogP contribution in [0.25, 0.3) is 87.1 Å². The second kappa shape index (κ2) is 12.0. The first kappa shape index (κ1) is 28.8. The van der Waals surface area contributed by atoms with Crippen LogP contribution < -0.4 is 0 Å². The molecule has 0 amide bonds. The number of nitriles is 1. The van der Waals surface area contributed by atoms with Crippen molar-refractivity contribution in [2.24, 2.45) is 0 Å². The summed E-state index contributed by atoms with van der Waals surface area (Å²) in [6.45, 7) is 0. The van der Waals surface area contributed by atoms with Crippen LogP contribution in [-0.4, -0.2) is 9.97 Å². The fourth-order valence-corrected chi connectivity index (χ4v) is 7.95. The van der Waals surface area contributed by atoms with Gasteiger partial charge in [-0.15, -0.1) is 11.3 Å². The van der Waals surface area contributed by atoms with E-state index in [4.69, 9.17) is 9.97 Å². The molecule has 0 aliphatic rings. The topological polar surface area (TPSA) is 49.6 Å². The Morgan fingerprint density at radius 2 is 1.06 bits per heavy atom. The number of hydrogen-bond donors (Lipinski definition) is 0. The Kier molecular flexibility index (Phi) is 7.04. The van der Waals surface area contributed by atoms with Crippen molar-refractivity contribution in [3.8, 4) is 62.2 Å². The van der Waals surface area contributed by atoms with Crippen LogP contribution in [0.5, 0.6) is 0 Å². The molecule has 7 aromatic carbocycles. The predicted octanol–water partition coefficient (Wildman–Crippen LogP) is 12.2. The number of nitrogens with zero attached hydrogens (tertiary/aromatic N) is 3. The van der Waals surface area contributed by atoms with E-state index in [1.807, 2.05) is 65.9 Å². The van der Waals surface area contributed by atoms with Gasteiger partial charge in [-0.2, -0.15) is 5.26 Å². The largest absolute Gasteiger partial charge is 0.228 e. The molecule has 0 saturated carbocycles. The SMILES string of the molecule is N#Cc1ccc(-c2cc(-c3cc(-c4cccc5ccccc45)cc(-c4cccc5c4sc4ccccc45)c3)nc(-c3ccccc3)n2)cc1. The van der Waals surface area contributed by atoms with Crippen molar-refractivity contribution in [3.05, 3.63) is 169 Å². The van der Waals surface area contributed by atoms with Crippen molar-refractivity contribution < 1.29 is 0 Å². The van der Waals surface area contributed by atoms with E-state index in [2.05, 4.69) is 115 Å². The second-order valence-corrected chi connectivity index (χ2v) is 13.2. The van der Waals surface area contributed by atoms with E-state index in [1.54, 1.807) is 0 Å². The zero-order valence-corrected chi connectivity index (χ0v) is 27.2. The molecule has 2 heterocycles. The predicted molar refractivity (Wildman–Crippen MR) is 204 cm³/mol. The monoisotopic (exact) mass is 641 g/mol. The number of thiophene rings is 1. The molecule has 49 heavy (non-hydrogen) atoms. The van der Waals surface area contributed by atoms with Crippen LogP contribution >= 0.6 is 11.3 Å². The Labute approximate surface area is 288 Å². The molecular weight excluding hydrogens is 615 g/mol. The first-order chi connectivity index (χ1) is 24.2. The quantitative estimate of drug-likeness (QED) is 0.188. The third-order valence-corrected chi connectivity index (χ3v) is 10.3. The van der Waals surface area contributed by atoms with Crippen LogP contribution in [0.15, 0.2) is 164 Å². The summed E-state index contributed by atoms with van der Waals surface area (Å²) in [5, 5.41) is 14.4. The van der Waals surface area contributed by atoms with Gasteiger partial charge in [-0.1, -0.05) is 121 Å². The molecule has 0 radical (unpaired) electrons. The maximum atomic E-state index is 9.42. The van der Waals surface area contributed by atoms with Gasteiger partial charge >= 0.3 is 0 Å². The third-order valence-electron chi connectivity index (χ3n) is 9.11. The van der Waals surface area contributed by atoms with Gasteiger partial charge in [0, 0.05) is 36.9 Å². The molecule has 0 aliphatic heterocycles. The minimum absolute atomic E-state index is 0.615. The lowest BCUT2D eigenvalue weighted by Crippen LogP contribution is -1.96. The Morgan fingerprint density at radius 3 is 1.88 bits per heavy atom. The first-order valence-corrected chi connectivity index (χ1v) is 17.0. The van der Waals surface area contributed by atoms with Gasteiger partial charge in [-0.05, 0) is 75.5 Å². The lowest BCUT2D eigenvalue weighted by Gasteiger charge is -2.15. The standard InChI is InChI=1S/C45H27N3S/c46-28-29-20-22-31(23-21-29)41-27-42(48-45(47-41)32-11-2-1-3-12-32)35-25-33(37-16-8-13-30-10-4-5-14-36(30)37)24-34(26-35)38-17-9-18-40-39-15-6-7-19-43(39)49-44(38)40/h1-27H. The Hall–Kier alpha value is -6.41. The molecule has 0 bridgehead atoms. The Balaban J connectivity index is 1.32. The van der Waals surface area contributed by atoms with E-state index in [0.717, 1.165) is 39.2 Å². The summed E-state index contributed by atoms with van der Waals surface area (Å²) in [5.41, 5.74) is 9.77. The zero-order valence-electron chi connectivity index (χ0n) is 26.3. The maximum Gasteiger partial charge on any atom is 0.160 e. The van der Waals surface area contributed by atoms with Crippen LogP contribution in [0.3, 0.4) is 0 Å². The number of hydrogen-bond acceptors (Lipinski definition) is 4. The maximum absolute atomic E-state index is 9.42. The van der Waals surface area contributed by atoms with Crippen molar-refractivity contribution in [1.82, 2.24) is 9.97 Å². The van der Waals surface area contributed by atoms with Crippen LogP contribution in [0, 0.1) is 11.3 Å². The summed E-state index contributed by atoms with van der Waals surface area (Å²) >= 11 is 1.84. The minimum Gasteiger partial charge on any atom is -0.228 e. The Bertz CT molecular complexity index is 2710. The van der Waals surface area contributed by atoms with E-state index in [9.17, 15) is 5.26 Å². The molecule has 0 N–H and O–H groups in total. The van der Waals surface area contributed by atoms with E-state index in [-0.39, 0.29) is 0 Å². The number of fused-ring (bicyclic) bond motifs is 4. The van der Waals surface area contributed by atoms with E-state index in [0.29, 0.717) is 11.4 Å². The van der Waals surface area contributed by atoms with Crippen LogP contribution in [0.2, 0.25) is 0 Å². The molecule has 0 unspecified atom stereocenters. The lowest BCUT2D eigenvalue weighted by atomic mass is 9.91. The average molecular weight is 642 g/mol. The summed E-state index contributed by atoms with van der Waals surface area (Å²) in [6.07, 6.45) is 0. The van der Waals surface area contributed by atoms with Gasteiger partial charge in [0.2, 0.25) is 0 Å². The fraction of sp³-hybridized carbons (Fsp3) is 0. The molecule has 3 nitrogen and oxygen atoms in total. The van der Waals surface area contributed by atoms with Gasteiger partial charge in [0.1, 0.15) is 0 Å². The van der Waals surface area contributed by atoms with Gasteiger partial charge in [0.05, 0.1) is 23.0 Å². The highest BCUT2D eigenvalue weighted by Gasteiger charge is 2.17. The highest BCUT2D eigenvalue weighted by atomic mass is 32.1. The molecule has 0 fully saturated rings. The highest BCUT2D eigenvalue weighted by molar-refractivity contribution is 7.26. The van der Waals surface area contributed by atoms with E-state index < -0.39 is 0 Å². The molecule has 2 aromatic heterocycles. The molecule has 0 aliphatic carbocycles. The molecule has 0 saturated heterocycles. The number of aromatic nitrogens is 2. The summed E-state index contributed by atoms with van der Waals surface area (Å²) in [4.78, 5) is 10.2. The normalized spacial score (nSPS) is 11.2. The lowest BCUT2D eigenvalue weighted by molar-refractivity contribution is 1.18. The summed E-state index contributed by atoms with van der Waals surface area (Å²) in [7, 11) is 0. The molecule has 0 atom stereocenters. The minimum atomic E-state index is 0.615. The van der Waals surface area contributed by atoms with E-state index >= 15 is 0 Å². The highest BCUT2D eigenvalue weighted by Crippen LogP contribution is 2.43. The summed E-state index contributed by atoms with van der Waals surface area (Å²) in [5.74, 6) is 0.654. The van der Waals surface area contributed by atoms with Crippen LogP contribution in [-0.2, 0) is 0 Å². The summed E-state index contributed by atoms with van der Waals surface area (Å²) in [6, 6.07) is 59.2. The number of rotatable bonds is 5. The molecule has 0 spiro atoms. The van der Waals surface area contributed by atoms with Gasteiger partial charge in [-0.3, -0.25) is 0 Å². The van der Waals surface area contributed by atoms with E-state index in [1.165, 1.54) is 42.1 Å². The van der Waals surface area contributed by atoms with Gasteiger partial charge in [0.25, 0.3) is 0 Å². The average Bonchev–Trinajstić information content (AvgIpc) is 3.57. The Morgan fingerprint density at radius 1 is 0.449 bits per heavy atom. The van der Waals surface area contributed by atoms with Crippen molar-refractivity contribution >= 4 is 42.3 Å². The van der Waals surface area contributed by atoms with Crippen molar-refractivity contribution in [2.45, 2.75) is 0 Å². The van der Waals surface area contributed by atoms with Crippen molar-refractivity contribution in [2.75, 3.05) is 0 Å². The van der Waals surface area contributed by atoms with Crippen molar-refractivity contribution in [3.63, 3.8) is 0 Å². The van der Waals surface area contributed by atoms with Gasteiger partial charge < -0.3 is 0 Å². The molecule has 9 rings (SSSR count). The number of benzene rings is 7. The molecule has 9 aromatic rings. The second-order valence-electron chi connectivity index (χ2n) is 12.1. The zero-order chi connectivity index (χ0) is 32.7.